The van der Waals surface area contributed by atoms with Crippen LogP contribution in [0.4, 0.5) is 4.79 Å². The molecule has 1 aromatic heterocycles. The zero-order chi connectivity index (χ0) is 21.5. The molecule has 164 valence electrons. The molecule has 0 unspecified atom stereocenters. The second-order valence-electron chi connectivity index (χ2n) is 8.71. The Bertz CT molecular complexity index is 794. The molecule has 1 aliphatic rings. The third kappa shape index (κ3) is 6.76. The average Bonchev–Trinajstić information content (AvgIpc) is 3.13. The maximum atomic E-state index is 13.1. The Morgan fingerprint density at radius 2 is 1.87 bits per heavy atom. The summed E-state index contributed by atoms with van der Waals surface area (Å²) in [6.07, 6.45) is 3.88. The highest BCUT2D eigenvalue weighted by atomic mass is 16.5. The van der Waals surface area contributed by atoms with Gasteiger partial charge in [-0.15, -0.1) is 0 Å². The van der Waals surface area contributed by atoms with Crippen LogP contribution in [0.5, 0.6) is 5.75 Å². The van der Waals surface area contributed by atoms with Crippen LogP contribution in [0.1, 0.15) is 37.9 Å². The third-order valence-electron chi connectivity index (χ3n) is 5.34. The lowest BCUT2D eigenvalue weighted by Crippen LogP contribution is -2.48. The van der Waals surface area contributed by atoms with Crippen LogP contribution < -0.4 is 10.1 Å². The number of piperidine rings is 1. The van der Waals surface area contributed by atoms with E-state index in [4.69, 9.17) is 4.74 Å². The van der Waals surface area contributed by atoms with Crippen LogP contribution >= 0.6 is 0 Å². The van der Waals surface area contributed by atoms with E-state index in [0.717, 1.165) is 42.9 Å². The monoisotopic (exact) mass is 413 g/mol. The van der Waals surface area contributed by atoms with Gasteiger partial charge in [0.15, 0.2) is 0 Å². The number of carbonyl (C=O) groups excluding carboxylic acids is 1. The Labute approximate surface area is 180 Å². The molecule has 0 radical (unpaired) electrons. The van der Waals surface area contributed by atoms with Crippen molar-refractivity contribution in [3.05, 3.63) is 47.8 Å². The van der Waals surface area contributed by atoms with Gasteiger partial charge in [0.25, 0.3) is 0 Å². The number of urea groups is 1. The van der Waals surface area contributed by atoms with Gasteiger partial charge in [-0.25, -0.2) is 4.79 Å². The predicted molar refractivity (Wildman–Crippen MR) is 118 cm³/mol. The summed E-state index contributed by atoms with van der Waals surface area (Å²) in [5, 5.41) is 7.69. The van der Waals surface area contributed by atoms with Crippen LogP contribution in [-0.4, -0.2) is 58.4 Å². The largest absolute Gasteiger partial charge is 0.493 e. The van der Waals surface area contributed by atoms with Crippen molar-refractivity contribution in [2.75, 3.05) is 26.7 Å². The van der Waals surface area contributed by atoms with Gasteiger partial charge in [-0.05, 0) is 62.7 Å². The minimum Gasteiger partial charge on any atom is -0.493 e. The maximum Gasteiger partial charge on any atom is 0.318 e. The minimum absolute atomic E-state index is 0.0321. The molecular formula is C23H35N5O2. The molecule has 1 saturated heterocycles. The van der Waals surface area contributed by atoms with Crippen molar-refractivity contribution >= 4 is 6.03 Å². The number of carbonyl (C=O) groups is 1. The van der Waals surface area contributed by atoms with Crippen molar-refractivity contribution in [1.29, 1.82) is 0 Å². The van der Waals surface area contributed by atoms with Crippen molar-refractivity contribution in [1.82, 2.24) is 24.9 Å². The van der Waals surface area contributed by atoms with Crippen molar-refractivity contribution in [2.45, 2.75) is 45.8 Å². The van der Waals surface area contributed by atoms with Gasteiger partial charge >= 0.3 is 6.03 Å². The van der Waals surface area contributed by atoms with Crippen molar-refractivity contribution in [2.24, 2.45) is 13.0 Å². The number of ether oxygens (including phenoxy) is 1. The van der Waals surface area contributed by atoms with Gasteiger partial charge in [0, 0.05) is 25.8 Å². The highest BCUT2D eigenvalue weighted by Crippen LogP contribution is 2.17. The number of rotatable bonds is 8. The van der Waals surface area contributed by atoms with E-state index in [1.807, 2.05) is 48.5 Å². The fourth-order valence-corrected chi connectivity index (χ4v) is 3.54. The summed E-state index contributed by atoms with van der Waals surface area (Å²) in [4.78, 5) is 17.2. The quantitative estimate of drug-likeness (QED) is 0.722. The molecule has 7 heteroatoms. The first-order valence-corrected chi connectivity index (χ1v) is 10.8. The number of likely N-dealkylation sites (tertiary alicyclic amines) is 1. The van der Waals surface area contributed by atoms with Crippen LogP contribution in [0, 0.1) is 5.92 Å². The topological polar surface area (TPSA) is 62.6 Å². The van der Waals surface area contributed by atoms with E-state index < -0.39 is 0 Å². The lowest BCUT2D eigenvalue weighted by molar-refractivity contribution is 0.175. The lowest BCUT2D eigenvalue weighted by atomic mass is 10.1. The number of nitrogens with one attached hydrogen (secondary N) is 1. The fraction of sp³-hybridized carbons (Fsp3) is 0.565. The predicted octanol–water partition coefficient (Wildman–Crippen LogP) is 3.26. The number of hydrogen-bond acceptors (Lipinski definition) is 4. The Morgan fingerprint density at radius 1 is 1.17 bits per heavy atom. The summed E-state index contributed by atoms with van der Waals surface area (Å²) in [5.74, 6) is 1.35. The first-order valence-electron chi connectivity index (χ1n) is 10.8. The van der Waals surface area contributed by atoms with Gasteiger partial charge in [-0.2, -0.15) is 5.10 Å². The normalized spacial score (nSPS) is 15.4. The Hall–Kier alpha value is -2.54. The smallest absolute Gasteiger partial charge is 0.318 e. The molecule has 3 rings (SSSR count). The fourth-order valence-electron chi connectivity index (χ4n) is 3.54. The number of aromatic nitrogens is 2. The molecule has 2 heterocycles. The van der Waals surface area contributed by atoms with E-state index in [0.29, 0.717) is 25.6 Å². The number of aryl methyl sites for hydroxylation is 1. The highest BCUT2D eigenvalue weighted by Gasteiger charge is 2.22. The summed E-state index contributed by atoms with van der Waals surface area (Å²) in [6, 6.07) is 10.2. The molecule has 0 bridgehead atoms. The molecule has 0 saturated carbocycles. The Morgan fingerprint density at radius 3 is 2.47 bits per heavy atom. The van der Waals surface area contributed by atoms with Crippen molar-refractivity contribution in [3.63, 3.8) is 0 Å². The molecular weight excluding hydrogens is 378 g/mol. The molecule has 1 aromatic carbocycles. The molecule has 7 nitrogen and oxygen atoms in total. The standard InChI is InChI=1S/C23H35N5O2/c1-18(2)17-30-22-7-5-19(6-8-22)15-28(16-21-11-14-27(4)25-21)23(29)24-20-9-12-26(3)13-10-20/h5-8,11,14,18,20H,9-10,12-13,15-17H2,1-4H3,(H,24,29). The zero-order valence-corrected chi connectivity index (χ0v) is 18.7. The van der Waals surface area contributed by atoms with Crippen LogP contribution in [0.25, 0.3) is 0 Å². The SMILES string of the molecule is CC(C)COc1ccc(CN(Cc2ccn(C)n2)C(=O)NC2CCN(C)CC2)cc1. The maximum absolute atomic E-state index is 13.1. The number of amides is 2. The summed E-state index contributed by atoms with van der Waals surface area (Å²) in [7, 11) is 4.02. The minimum atomic E-state index is -0.0321. The third-order valence-corrected chi connectivity index (χ3v) is 5.34. The number of nitrogens with zero attached hydrogens (tertiary/aromatic N) is 4. The summed E-state index contributed by atoms with van der Waals surface area (Å²) in [5.41, 5.74) is 1.95. The van der Waals surface area contributed by atoms with E-state index in [2.05, 4.69) is 36.2 Å². The molecule has 1 N–H and O–H groups in total. The summed E-state index contributed by atoms with van der Waals surface area (Å²) >= 11 is 0. The first-order chi connectivity index (χ1) is 14.4. The van der Waals surface area contributed by atoms with Gasteiger partial charge in [0.1, 0.15) is 5.75 Å². The lowest BCUT2D eigenvalue weighted by Gasteiger charge is -2.31. The van der Waals surface area contributed by atoms with Gasteiger partial charge in [-0.3, -0.25) is 4.68 Å². The van der Waals surface area contributed by atoms with E-state index in [1.165, 1.54) is 0 Å². The number of benzene rings is 1. The van der Waals surface area contributed by atoms with E-state index in [-0.39, 0.29) is 12.1 Å². The first kappa shape index (κ1) is 22.2. The van der Waals surface area contributed by atoms with Gasteiger partial charge in [0.05, 0.1) is 18.8 Å². The van der Waals surface area contributed by atoms with Gasteiger partial charge < -0.3 is 19.9 Å². The molecule has 0 aliphatic carbocycles. The van der Waals surface area contributed by atoms with Crippen molar-refractivity contribution < 1.29 is 9.53 Å². The summed E-state index contributed by atoms with van der Waals surface area (Å²) < 4.78 is 7.54. The van der Waals surface area contributed by atoms with E-state index >= 15 is 0 Å². The molecule has 30 heavy (non-hydrogen) atoms. The van der Waals surface area contributed by atoms with Crippen LogP contribution in [0.15, 0.2) is 36.5 Å². The molecule has 1 aliphatic heterocycles. The molecule has 2 aromatic rings. The van der Waals surface area contributed by atoms with Gasteiger partial charge in [-0.1, -0.05) is 26.0 Å². The molecule has 2 amide bonds. The van der Waals surface area contributed by atoms with E-state index in [9.17, 15) is 4.79 Å². The zero-order valence-electron chi connectivity index (χ0n) is 18.7. The average molecular weight is 414 g/mol. The second kappa shape index (κ2) is 10.5. The highest BCUT2D eigenvalue weighted by molar-refractivity contribution is 5.74. The van der Waals surface area contributed by atoms with Crippen LogP contribution in [0.3, 0.4) is 0 Å². The molecule has 1 fully saturated rings. The van der Waals surface area contributed by atoms with Crippen LogP contribution in [0.2, 0.25) is 0 Å². The van der Waals surface area contributed by atoms with Gasteiger partial charge in [0.2, 0.25) is 0 Å². The Balaban J connectivity index is 1.65. The van der Waals surface area contributed by atoms with Crippen LogP contribution in [-0.2, 0) is 20.1 Å². The summed E-state index contributed by atoms with van der Waals surface area (Å²) in [6.45, 7) is 8.00. The van der Waals surface area contributed by atoms with Crippen molar-refractivity contribution in [3.8, 4) is 5.75 Å². The number of hydrogen-bond donors (Lipinski definition) is 1. The molecule has 0 spiro atoms. The van der Waals surface area contributed by atoms with E-state index in [1.54, 1.807) is 4.68 Å². The second-order valence-corrected chi connectivity index (χ2v) is 8.71. The Kier molecular flexibility index (Phi) is 7.74. The molecule has 0 atom stereocenters.